The molecule has 0 atom stereocenters. The van der Waals surface area contributed by atoms with Gasteiger partial charge in [0.1, 0.15) is 5.82 Å². The second kappa shape index (κ2) is 5.34. The first kappa shape index (κ1) is 12.6. The van der Waals surface area contributed by atoms with E-state index >= 15 is 0 Å². The second-order valence-electron chi connectivity index (χ2n) is 6.40. The van der Waals surface area contributed by atoms with E-state index in [1.165, 1.54) is 44.5 Å². The van der Waals surface area contributed by atoms with E-state index < -0.39 is 0 Å². The van der Waals surface area contributed by atoms with Crippen molar-refractivity contribution in [2.45, 2.75) is 44.3 Å². The number of hydrogen-bond donors (Lipinski definition) is 1. The van der Waals surface area contributed by atoms with Gasteiger partial charge in [0.2, 0.25) is 0 Å². The number of hydrogen-bond acceptors (Lipinski definition) is 4. The highest BCUT2D eigenvalue weighted by atomic mass is 15.3. The van der Waals surface area contributed by atoms with Crippen LogP contribution in [0.25, 0.3) is 0 Å². The zero-order valence-electron chi connectivity index (χ0n) is 12.1. The van der Waals surface area contributed by atoms with Crippen molar-refractivity contribution >= 4 is 5.82 Å². The van der Waals surface area contributed by atoms with Crippen molar-refractivity contribution in [3.8, 4) is 0 Å². The summed E-state index contributed by atoms with van der Waals surface area (Å²) in [4.78, 5) is 9.92. The van der Waals surface area contributed by atoms with Crippen LogP contribution in [0.2, 0.25) is 0 Å². The maximum absolute atomic E-state index is 4.83. The van der Waals surface area contributed by atoms with Crippen LogP contribution in [0, 0.1) is 0 Å². The van der Waals surface area contributed by atoms with E-state index in [-0.39, 0.29) is 0 Å². The quantitative estimate of drug-likeness (QED) is 0.882. The Labute approximate surface area is 121 Å². The maximum atomic E-state index is 4.83. The Morgan fingerprint density at radius 3 is 2.55 bits per heavy atom. The van der Waals surface area contributed by atoms with Crippen molar-refractivity contribution in [3.05, 3.63) is 23.9 Å². The molecule has 3 fully saturated rings. The number of nitrogens with zero attached hydrogens (tertiary/aromatic N) is 3. The Kier molecular flexibility index (Phi) is 3.36. The highest BCUT2D eigenvalue weighted by Gasteiger charge is 2.31. The van der Waals surface area contributed by atoms with Gasteiger partial charge in [-0.15, -0.1) is 0 Å². The van der Waals surface area contributed by atoms with E-state index in [1.54, 1.807) is 0 Å². The topological polar surface area (TPSA) is 31.4 Å². The van der Waals surface area contributed by atoms with Gasteiger partial charge in [-0.05, 0) is 37.8 Å². The Morgan fingerprint density at radius 2 is 1.85 bits per heavy atom. The standard InChI is InChI=1S/C16H24N4/c1-2-14(12-17-13-4-5-13)18-16(3-1)20-10-8-19(9-11-20)15-6-7-15/h1-3,13,15,17H,4-12H2. The number of pyridine rings is 1. The Hall–Kier alpha value is -1.13. The van der Waals surface area contributed by atoms with Crippen molar-refractivity contribution in [2.24, 2.45) is 0 Å². The normalized spacial score (nSPS) is 24.1. The monoisotopic (exact) mass is 272 g/mol. The molecule has 0 spiro atoms. The largest absolute Gasteiger partial charge is 0.354 e. The van der Waals surface area contributed by atoms with Gasteiger partial charge in [-0.2, -0.15) is 0 Å². The molecular formula is C16H24N4. The van der Waals surface area contributed by atoms with E-state index in [4.69, 9.17) is 4.98 Å². The lowest BCUT2D eigenvalue weighted by atomic mass is 10.2. The molecule has 108 valence electrons. The molecule has 0 radical (unpaired) electrons. The third-order valence-electron chi connectivity index (χ3n) is 4.64. The van der Waals surface area contributed by atoms with Crippen molar-refractivity contribution in [2.75, 3.05) is 31.1 Å². The molecule has 1 N–H and O–H groups in total. The fraction of sp³-hybridized carbons (Fsp3) is 0.688. The van der Waals surface area contributed by atoms with Gasteiger partial charge in [0, 0.05) is 44.8 Å². The van der Waals surface area contributed by atoms with Gasteiger partial charge in [-0.3, -0.25) is 4.90 Å². The van der Waals surface area contributed by atoms with Crippen molar-refractivity contribution in [3.63, 3.8) is 0 Å². The minimum Gasteiger partial charge on any atom is -0.354 e. The number of piperazine rings is 1. The highest BCUT2D eigenvalue weighted by Crippen LogP contribution is 2.28. The Balaban J connectivity index is 1.36. The minimum absolute atomic E-state index is 0.752. The summed E-state index contributed by atoms with van der Waals surface area (Å²) in [7, 11) is 0. The predicted octanol–water partition coefficient (Wildman–Crippen LogP) is 1.62. The third-order valence-corrected chi connectivity index (χ3v) is 4.64. The van der Waals surface area contributed by atoms with Crippen LogP contribution >= 0.6 is 0 Å². The molecule has 0 bridgehead atoms. The van der Waals surface area contributed by atoms with Gasteiger partial charge < -0.3 is 10.2 Å². The van der Waals surface area contributed by atoms with Gasteiger partial charge in [-0.1, -0.05) is 6.07 Å². The van der Waals surface area contributed by atoms with Gasteiger partial charge in [0.25, 0.3) is 0 Å². The Morgan fingerprint density at radius 1 is 1.05 bits per heavy atom. The molecule has 0 amide bonds. The van der Waals surface area contributed by atoms with E-state index in [0.29, 0.717) is 0 Å². The second-order valence-corrected chi connectivity index (χ2v) is 6.40. The molecule has 4 nitrogen and oxygen atoms in total. The first-order chi connectivity index (χ1) is 9.88. The van der Waals surface area contributed by atoms with Crippen LogP contribution < -0.4 is 10.2 Å². The van der Waals surface area contributed by atoms with Crippen LogP contribution in [0.15, 0.2) is 18.2 Å². The predicted molar refractivity (Wildman–Crippen MR) is 80.9 cm³/mol. The summed E-state index contributed by atoms with van der Waals surface area (Å²) in [6, 6.07) is 8.11. The molecule has 1 saturated heterocycles. The zero-order chi connectivity index (χ0) is 13.4. The maximum Gasteiger partial charge on any atom is 0.128 e. The van der Waals surface area contributed by atoms with Crippen LogP contribution in [0.4, 0.5) is 5.82 Å². The summed E-state index contributed by atoms with van der Waals surface area (Å²) in [5.74, 6) is 1.16. The van der Waals surface area contributed by atoms with E-state index in [0.717, 1.165) is 37.5 Å². The molecule has 1 aromatic heterocycles. The first-order valence-corrected chi connectivity index (χ1v) is 8.07. The molecule has 4 heteroatoms. The van der Waals surface area contributed by atoms with Crippen LogP contribution in [0.5, 0.6) is 0 Å². The summed E-state index contributed by atoms with van der Waals surface area (Å²) < 4.78 is 0. The van der Waals surface area contributed by atoms with E-state index in [1.807, 2.05) is 0 Å². The van der Waals surface area contributed by atoms with Gasteiger partial charge in [0.15, 0.2) is 0 Å². The number of rotatable bonds is 5. The summed E-state index contributed by atoms with van der Waals surface area (Å²) in [6.45, 7) is 5.58. The SMILES string of the molecule is c1cc(CNC2CC2)nc(N2CCN(C3CC3)CC2)c1. The van der Waals surface area contributed by atoms with Crippen LogP contribution in [0.3, 0.4) is 0 Å². The summed E-state index contributed by atoms with van der Waals surface area (Å²) >= 11 is 0. The van der Waals surface area contributed by atoms with Crippen molar-refractivity contribution in [1.29, 1.82) is 0 Å². The minimum atomic E-state index is 0.752. The van der Waals surface area contributed by atoms with Gasteiger partial charge in [0.05, 0.1) is 5.69 Å². The molecule has 2 aliphatic carbocycles. The van der Waals surface area contributed by atoms with E-state index in [9.17, 15) is 0 Å². The molecule has 2 saturated carbocycles. The molecule has 0 unspecified atom stereocenters. The third kappa shape index (κ3) is 2.96. The van der Waals surface area contributed by atoms with Gasteiger partial charge in [-0.25, -0.2) is 4.98 Å². The highest BCUT2D eigenvalue weighted by molar-refractivity contribution is 5.40. The molecule has 20 heavy (non-hydrogen) atoms. The average molecular weight is 272 g/mol. The molecule has 2 heterocycles. The van der Waals surface area contributed by atoms with E-state index in [2.05, 4.69) is 33.3 Å². The number of nitrogens with one attached hydrogen (secondary N) is 1. The lowest BCUT2D eigenvalue weighted by molar-refractivity contribution is 0.247. The molecule has 3 aliphatic rings. The lowest BCUT2D eigenvalue weighted by Gasteiger charge is -2.35. The van der Waals surface area contributed by atoms with Gasteiger partial charge >= 0.3 is 0 Å². The lowest BCUT2D eigenvalue weighted by Crippen LogP contribution is -2.47. The van der Waals surface area contributed by atoms with Crippen molar-refractivity contribution in [1.82, 2.24) is 15.2 Å². The van der Waals surface area contributed by atoms with Crippen LogP contribution in [0.1, 0.15) is 31.4 Å². The number of aromatic nitrogens is 1. The summed E-state index contributed by atoms with van der Waals surface area (Å²) in [5.41, 5.74) is 1.18. The summed E-state index contributed by atoms with van der Waals surface area (Å²) in [6.07, 6.45) is 5.51. The smallest absolute Gasteiger partial charge is 0.128 e. The van der Waals surface area contributed by atoms with Crippen molar-refractivity contribution < 1.29 is 0 Å². The van der Waals surface area contributed by atoms with Crippen LogP contribution in [-0.2, 0) is 6.54 Å². The molecule has 0 aromatic carbocycles. The first-order valence-electron chi connectivity index (χ1n) is 8.07. The number of anilines is 1. The fourth-order valence-electron chi connectivity index (χ4n) is 3.03. The molecular weight excluding hydrogens is 248 g/mol. The fourth-order valence-corrected chi connectivity index (χ4v) is 3.03. The average Bonchev–Trinajstić information content (AvgIpc) is 3.40. The Bertz CT molecular complexity index is 459. The molecule has 1 aliphatic heterocycles. The molecule has 1 aromatic rings. The summed E-state index contributed by atoms with van der Waals surface area (Å²) in [5, 5.41) is 3.54. The molecule has 4 rings (SSSR count). The zero-order valence-corrected chi connectivity index (χ0v) is 12.1. The van der Waals surface area contributed by atoms with Crippen LogP contribution in [-0.4, -0.2) is 48.1 Å².